The number of nitrogens with zero attached hydrogens (tertiary/aromatic N) is 1. The smallest absolute Gasteiger partial charge is 0.322 e. The van der Waals surface area contributed by atoms with Crippen molar-refractivity contribution >= 4 is 52.7 Å². The first-order valence-electron chi connectivity index (χ1n) is 10.0. The average molecular weight is 495 g/mol. The third kappa shape index (κ3) is 6.89. The second-order valence-corrected chi connectivity index (χ2v) is 9.50. The number of nitrogens with one attached hydrogen (secondary N) is 3. The summed E-state index contributed by atoms with van der Waals surface area (Å²) in [6.45, 7) is 0. The van der Waals surface area contributed by atoms with E-state index in [4.69, 9.17) is 17.3 Å². The molecule has 166 valence electrons. The molecule has 6 nitrogen and oxygen atoms in total. The van der Waals surface area contributed by atoms with E-state index >= 15 is 0 Å². The molecule has 0 aliphatic heterocycles. The van der Waals surface area contributed by atoms with Crippen LogP contribution in [-0.4, -0.2) is 15.9 Å². The predicted octanol–water partition coefficient (Wildman–Crippen LogP) is 4.01. The SMILES string of the molecule is NC(Nc1ccccc1Sc1ccccc1)=[NH+]c1nc(CSc2ccc(Cl)cc2)cc(=O)[nH]1. The van der Waals surface area contributed by atoms with Crippen LogP contribution in [0.25, 0.3) is 0 Å². The van der Waals surface area contributed by atoms with E-state index < -0.39 is 0 Å². The minimum absolute atomic E-state index is 0.252. The van der Waals surface area contributed by atoms with Gasteiger partial charge in [0.1, 0.15) is 5.69 Å². The average Bonchev–Trinajstić information content (AvgIpc) is 2.80. The fraction of sp³-hybridized carbons (Fsp3) is 0.0417. The summed E-state index contributed by atoms with van der Waals surface area (Å²) in [5.41, 5.74) is 7.40. The van der Waals surface area contributed by atoms with Crippen molar-refractivity contribution in [1.29, 1.82) is 0 Å². The lowest BCUT2D eigenvalue weighted by molar-refractivity contribution is -0.365. The largest absolute Gasteiger partial charge is 0.325 e. The molecule has 3 aromatic carbocycles. The van der Waals surface area contributed by atoms with Crippen LogP contribution in [0.4, 0.5) is 11.6 Å². The van der Waals surface area contributed by atoms with E-state index in [1.807, 2.05) is 66.7 Å². The Balaban J connectivity index is 1.48. The molecule has 9 heteroatoms. The highest BCUT2D eigenvalue weighted by Gasteiger charge is 2.10. The summed E-state index contributed by atoms with van der Waals surface area (Å²) in [5, 5.41) is 3.85. The number of rotatable bonds is 7. The lowest BCUT2D eigenvalue weighted by Crippen LogP contribution is -2.73. The lowest BCUT2D eigenvalue weighted by atomic mass is 10.3. The molecule has 1 aromatic heterocycles. The molecular weight excluding hydrogens is 474 g/mol. The molecule has 1 heterocycles. The van der Waals surface area contributed by atoms with Crippen molar-refractivity contribution in [3.05, 3.63) is 106 Å². The van der Waals surface area contributed by atoms with E-state index in [9.17, 15) is 4.79 Å². The first-order valence-corrected chi connectivity index (χ1v) is 12.2. The number of nitrogens with two attached hydrogens (primary N) is 1. The van der Waals surface area contributed by atoms with Crippen molar-refractivity contribution < 1.29 is 4.99 Å². The molecule has 5 N–H and O–H groups in total. The molecule has 0 unspecified atom stereocenters. The van der Waals surface area contributed by atoms with Crippen LogP contribution in [0, 0.1) is 0 Å². The van der Waals surface area contributed by atoms with Crippen LogP contribution >= 0.6 is 35.1 Å². The highest BCUT2D eigenvalue weighted by atomic mass is 35.5. The monoisotopic (exact) mass is 494 g/mol. The number of thioether (sulfide) groups is 1. The van der Waals surface area contributed by atoms with E-state index in [1.54, 1.807) is 23.5 Å². The summed E-state index contributed by atoms with van der Waals surface area (Å²) in [6.07, 6.45) is 0. The number of H-pyrrole nitrogens is 1. The minimum Gasteiger partial charge on any atom is -0.322 e. The van der Waals surface area contributed by atoms with Crippen LogP contribution in [0.1, 0.15) is 5.69 Å². The first-order chi connectivity index (χ1) is 16.0. The maximum absolute atomic E-state index is 12.1. The van der Waals surface area contributed by atoms with Crippen molar-refractivity contribution in [2.75, 3.05) is 5.32 Å². The zero-order chi connectivity index (χ0) is 23.0. The van der Waals surface area contributed by atoms with E-state index in [0.717, 1.165) is 20.4 Å². The molecule has 0 fully saturated rings. The summed E-state index contributed by atoms with van der Waals surface area (Å²) in [4.78, 5) is 25.4. The number of para-hydroxylation sites is 1. The van der Waals surface area contributed by atoms with E-state index in [0.29, 0.717) is 16.5 Å². The van der Waals surface area contributed by atoms with Crippen molar-refractivity contribution in [2.24, 2.45) is 5.73 Å². The van der Waals surface area contributed by atoms with Crippen LogP contribution in [0.2, 0.25) is 5.02 Å². The number of benzene rings is 3. The fourth-order valence-electron chi connectivity index (χ4n) is 2.91. The van der Waals surface area contributed by atoms with Crippen LogP contribution < -0.4 is 21.6 Å². The molecular formula is C24H21ClN5OS2+. The summed E-state index contributed by atoms with van der Waals surface area (Å²) >= 11 is 9.13. The molecule has 0 atom stereocenters. The van der Waals surface area contributed by atoms with Gasteiger partial charge in [0.15, 0.2) is 0 Å². The number of anilines is 1. The number of hydrogen-bond donors (Lipinski definition) is 4. The molecule has 33 heavy (non-hydrogen) atoms. The van der Waals surface area contributed by atoms with Crippen LogP contribution in [-0.2, 0) is 5.75 Å². The fourth-order valence-corrected chi connectivity index (χ4v) is 4.75. The van der Waals surface area contributed by atoms with Gasteiger partial charge < -0.3 is 5.73 Å². The molecule has 0 spiro atoms. The van der Waals surface area contributed by atoms with Crippen molar-refractivity contribution in [3.8, 4) is 0 Å². The van der Waals surface area contributed by atoms with Gasteiger partial charge in [0.25, 0.3) is 11.5 Å². The second kappa shape index (κ2) is 11.1. The first kappa shape index (κ1) is 23.0. The lowest BCUT2D eigenvalue weighted by Gasteiger charge is -2.08. The van der Waals surface area contributed by atoms with E-state index in [2.05, 4.69) is 32.4 Å². The maximum Gasteiger partial charge on any atom is 0.325 e. The summed E-state index contributed by atoms with van der Waals surface area (Å²) in [6, 6.07) is 26.9. The van der Waals surface area contributed by atoms with Gasteiger partial charge in [0.2, 0.25) is 0 Å². The van der Waals surface area contributed by atoms with Gasteiger partial charge in [-0.1, -0.05) is 53.7 Å². The van der Waals surface area contributed by atoms with Gasteiger partial charge in [0.05, 0.1) is 11.4 Å². The molecule has 4 rings (SSSR count). The Morgan fingerprint density at radius 1 is 1.00 bits per heavy atom. The number of hydrogen-bond acceptors (Lipinski definition) is 4. The Labute approximate surface area is 204 Å². The summed E-state index contributed by atoms with van der Waals surface area (Å²) < 4.78 is 0. The summed E-state index contributed by atoms with van der Waals surface area (Å²) in [7, 11) is 0. The Hall–Kier alpha value is -3.20. The summed E-state index contributed by atoms with van der Waals surface area (Å²) in [5.74, 6) is 1.05. The zero-order valence-corrected chi connectivity index (χ0v) is 19.8. The number of aromatic nitrogens is 2. The quantitative estimate of drug-likeness (QED) is 0.176. The van der Waals surface area contributed by atoms with Crippen LogP contribution in [0.3, 0.4) is 0 Å². The molecule has 0 bridgehead atoms. The third-order valence-corrected chi connectivity index (χ3v) is 6.76. The van der Waals surface area contributed by atoms with Gasteiger partial charge >= 0.3 is 5.95 Å². The van der Waals surface area contributed by atoms with Gasteiger partial charge in [-0.25, -0.2) is 9.98 Å². The zero-order valence-electron chi connectivity index (χ0n) is 17.4. The van der Waals surface area contributed by atoms with E-state index in [-0.39, 0.29) is 17.5 Å². The Morgan fingerprint density at radius 3 is 2.52 bits per heavy atom. The minimum atomic E-state index is -0.257. The molecule has 0 radical (unpaired) electrons. The normalized spacial score (nSPS) is 11.4. The molecule has 0 amide bonds. The maximum atomic E-state index is 12.1. The van der Waals surface area contributed by atoms with Crippen LogP contribution in [0.5, 0.6) is 0 Å². The molecule has 0 aliphatic rings. The van der Waals surface area contributed by atoms with Gasteiger partial charge in [-0.2, -0.15) is 0 Å². The molecule has 0 saturated heterocycles. The Morgan fingerprint density at radius 2 is 1.73 bits per heavy atom. The Bertz CT molecular complexity index is 1310. The van der Waals surface area contributed by atoms with Gasteiger partial charge in [0, 0.05) is 25.8 Å². The highest BCUT2D eigenvalue weighted by molar-refractivity contribution is 7.99. The Kier molecular flexibility index (Phi) is 7.72. The highest BCUT2D eigenvalue weighted by Crippen LogP contribution is 2.32. The predicted molar refractivity (Wildman–Crippen MR) is 136 cm³/mol. The van der Waals surface area contributed by atoms with Gasteiger partial charge in [-0.05, 0) is 48.5 Å². The second-order valence-electron chi connectivity index (χ2n) is 6.90. The molecule has 0 saturated carbocycles. The topological polar surface area (TPSA) is 97.8 Å². The molecule has 4 aromatic rings. The number of aromatic amines is 1. The van der Waals surface area contributed by atoms with Gasteiger partial charge in [-0.15, -0.1) is 16.7 Å². The number of guanidine groups is 1. The number of halogens is 1. The van der Waals surface area contributed by atoms with Gasteiger partial charge in [-0.3, -0.25) is 10.1 Å². The van der Waals surface area contributed by atoms with Crippen LogP contribution in [0.15, 0.2) is 104 Å². The standard InChI is InChI=1S/C24H20ClN5OS2/c25-16-10-12-18(13-11-16)32-15-17-14-22(31)29-24(27-17)30-23(26)28-20-8-4-5-9-21(20)33-19-6-2-1-3-7-19/h1-14H,15H2,(H4,26,27,28,29,30,31)/p+1. The van der Waals surface area contributed by atoms with Crippen molar-refractivity contribution in [2.45, 2.75) is 20.4 Å². The van der Waals surface area contributed by atoms with Crippen molar-refractivity contribution in [1.82, 2.24) is 9.97 Å². The van der Waals surface area contributed by atoms with Crippen molar-refractivity contribution in [3.63, 3.8) is 0 Å². The molecule has 0 aliphatic carbocycles. The third-order valence-electron chi connectivity index (χ3n) is 4.38. The van der Waals surface area contributed by atoms with E-state index in [1.165, 1.54) is 6.07 Å².